The third-order valence-corrected chi connectivity index (χ3v) is 5.13. The number of unbranched alkanes of at least 4 members (excludes halogenated alkanes) is 1. The number of hydrogen-bond donors (Lipinski definition) is 1. The van der Waals surface area contributed by atoms with Crippen molar-refractivity contribution in [3.63, 3.8) is 0 Å². The van der Waals surface area contributed by atoms with Crippen LogP contribution in [0.4, 0.5) is 5.69 Å². The molecule has 0 unspecified atom stereocenters. The second-order valence-corrected chi connectivity index (χ2v) is 7.48. The highest BCUT2D eigenvalue weighted by molar-refractivity contribution is 5.97. The minimum atomic E-state index is -0.833. The second-order valence-electron chi connectivity index (χ2n) is 7.48. The van der Waals surface area contributed by atoms with Crippen LogP contribution in [-0.4, -0.2) is 48.6 Å². The topological polar surface area (TPSA) is 67.9 Å². The third kappa shape index (κ3) is 6.51. The van der Waals surface area contributed by atoms with Crippen LogP contribution in [0.2, 0.25) is 0 Å². The van der Waals surface area contributed by atoms with E-state index in [1.54, 1.807) is 24.3 Å². The SMILES string of the molecule is CCCC[C@@](C)(OCC)C(=O)Nc1ccc(OCC(=O)N2CCCCC2)cc1. The van der Waals surface area contributed by atoms with Gasteiger partial charge in [0.15, 0.2) is 6.61 Å². The molecule has 0 aliphatic carbocycles. The molecular formula is C22H34N2O4. The molecule has 6 nitrogen and oxygen atoms in total. The summed E-state index contributed by atoms with van der Waals surface area (Å²) in [6, 6.07) is 7.10. The summed E-state index contributed by atoms with van der Waals surface area (Å²) in [5.41, 5.74) is -0.150. The van der Waals surface area contributed by atoms with Crippen molar-refractivity contribution in [1.82, 2.24) is 4.90 Å². The van der Waals surface area contributed by atoms with Crippen molar-refractivity contribution in [2.24, 2.45) is 0 Å². The molecule has 0 saturated carbocycles. The van der Waals surface area contributed by atoms with Gasteiger partial charge in [-0.1, -0.05) is 19.8 Å². The molecule has 156 valence electrons. The van der Waals surface area contributed by atoms with Crippen LogP contribution < -0.4 is 10.1 Å². The molecule has 0 spiro atoms. The van der Waals surface area contributed by atoms with Crippen molar-refractivity contribution in [2.75, 3.05) is 31.6 Å². The van der Waals surface area contributed by atoms with Crippen LogP contribution in [0.5, 0.6) is 5.75 Å². The van der Waals surface area contributed by atoms with Crippen LogP contribution in [0.3, 0.4) is 0 Å². The van der Waals surface area contributed by atoms with Gasteiger partial charge in [-0.3, -0.25) is 9.59 Å². The number of anilines is 1. The van der Waals surface area contributed by atoms with Crippen LogP contribution >= 0.6 is 0 Å². The van der Waals surface area contributed by atoms with E-state index in [-0.39, 0.29) is 18.4 Å². The Balaban J connectivity index is 1.87. The van der Waals surface area contributed by atoms with Crippen LogP contribution in [0.25, 0.3) is 0 Å². The second kappa shape index (κ2) is 11.1. The molecule has 1 aliphatic rings. The van der Waals surface area contributed by atoms with E-state index >= 15 is 0 Å². The molecule has 6 heteroatoms. The Bertz CT molecular complexity index is 626. The Morgan fingerprint density at radius 3 is 2.39 bits per heavy atom. The van der Waals surface area contributed by atoms with Gasteiger partial charge in [0.1, 0.15) is 11.4 Å². The molecule has 1 aromatic carbocycles. The summed E-state index contributed by atoms with van der Waals surface area (Å²) < 4.78 is 11.3. The zero-order valence-corrected chi connectivity index (χ0v) is 17.5. The van der Waals surface area contributed by atoms with Gasteiger partial charge in [-0.2, -0.15) is 0 Å². The van der Waals surface area contributed by atoms with Crippen LogP contribution in [0.15, 0.2) is 24.3 Å². The fourth-order valence-electron chi connectivity index (χ4n) is 3.36. The Hall–Kier alpha value is -2.08. The first-order chi connectivity index (χ1) is 13.5. The lowest BCUT2D eigenvalue weighted by molar-refractivity contribution is -0.139. The molecule has 1 atom stereocenters. The molecule has 0 bridgehead atoms. The number of benzene rings is 1. The maximum absolute atomic E-state index is 12.7. The molecule has 0 radical (unpaired) electrons. The lowest BCUT2D eigenvalue weighted by Gasteiger charge is -2.28. The number of piperidine rings is 1. The smallest absolute Gasteiger partial charge is 0.260 e. The largest absolute Gasteiger partial charge is 0.484 e. The van der Waals surface area contributed by atoms with Gasteiger partial charge < -0.3 is 19.7 Å². The summed E-state index contributed by atoms with van der Waals surface area (Å²) in [4.78, 5) is 26.7. The number of ether oxygens (including phenoxy) is 2. The summed E-state index contributed by atoms with van der Waals surface area (Å²) in [5.74, 6) is 0.499. The average Bonchev–Trinajstić information content (AvgIpc) is 2.72. The summed E-state index contributed by atoms with van der Waals surface area (Å²) in [7, 11) is 0. The molecule has 1 N–H and O–H groups in total. The average molecular weight is 391 g/mol. The minimum Gasteiger partial charge on any atom is -0.484 e. The molecule has 2 rings (SSSR count). The highest BCUT2D eigenvalue weighted by atomic mass is 16.5. The Morgan fingerprint density at radius 1 is 1.11 bits per heavy atom. The van der Waals surface area contributed by atoms with Gasteiger partial charge in [-0.05, 0) is 63.8 Å². The van der Waals surface area contributed by atoms with Crippen LogP contribution in [0, 0.1) is 0 Å². The number of hydrogen-bond acceptors (Lipinski definition) is 4. The van der Waals surface area contributed by atoms with Gasteiger partial charge in [0, 0.05) is 25.4 Å². The highest BCUT2D eigenvalue weighted by Gasteiger charge is 2.33. The molecule has 1 aromatic rings. The van der Waals surface area contributed by atoms with Crippen LogP contribution in [-0.2, 0) is 14.3 Å². The van der Waals surface area contributed by atoms with Crippen molar-refractivity contribution in [3.8, 4) is 5.75 Å². The summed E-state index contributed by atoms with van der Waals surface area (Å²) in [6.45, 7) is 8.02. The van der Waals surface area contributed by atoms with E-state index in [1.165, 1.54) is 6.42 Å². The monoisotopic (exact) mass is 390 g/mol. The normalized spacial score (nSPS) is 16.3. The molecule has 2 amide bonds. The number of carbonyl (C=O) groups excluding carboxylic acids is 2. The van der Waals surface area contributed by atoms with E-state index < -0.39 is 5.60 Å². The Kier molecular flexibility index (Phi) is 8.77. The number of likely N-dealkylation sites (tertiary alicyclic amines) is 1. The van der Waals surface area contributed by atoms with E-state index in [1.807, 2.05) is 18.7 Å². The number of rotatable bonds is 10. The van der Waals surface area contributed by atoms with E-state index in [4.69, 9.17) is 9.47 Å². The van der Waals surface area contributed by atoms with Crippen molar-refractivity contribution < 1.29 is 19.1 Å². The zero-order chi connectivity index (χ0) is 20.4. The maximum atomic E-state index is 12.7. The molecule has 1 aliphatic heterocycles. The summed E-state index contributed by atoms with van der Waals surface area (Å²) in [5, 5.41) is 2.93. The highest BCUT2D eigenvalue weighted by Crippen LogP contribution is 2.23. The molecule has 28 heavy (non-hydrogen) atoms. The number of carbonyl (C=O) groups is 2. The lowest BCUT2D eigenvalue weighted by atomic mass is 9.97. The molecule has 1 fully saturated rings. The van der Waals surface area contributed by atoms with Gasteiger partial charge in [0.2, 0.25) is 0 Å². The molecule has 1 saturated heterocycles. The predicted molar refractivity (Wildman–Crippen MR) is 111 cm³/mol. The predicted octanol–water partition coefficient (Wildman–Crippen LogP) is 4.00. The van der Waals surface area contributed by atoms with Crippen LogP contribution in [0.1, 0.15) is 59.3 Å². The van der Waals surface area contributed by atoms with Gasteiger partial charge in [-0.25, -0.2) is 0 Å². The van der Waals surface area contributed by atoms with Crippen molar-refractivity contribution in [2.45, 2.75) is 64.9 Å². The first-order valence-electron chi connectivity index (χ1n) is 10.4. The fourth-order valence-corrected chi connectivity index (χ4v) is 3.36. The molecular weight excluding hydrogens is 356 g/mol. The van der Waals surface area contributed by atoms with E-state index in [2.05, 4.69) is 12.2 Å². The molecule has 1 heterocycles. The summed E-state index contributed by atoms with van der Waals surface area (Å²) in [6.07, 6.45) is 5.96. The summed E-state index contributed by atoms with van der Waals surface area (Å²) >= 11 is 0. The third-order valence-electron chi connectivity index (χ3n) is 5.13. The van der Waals surface area contributed by atoms with E-state index in [9.17, 15) is 9.59 Å². The fraction of sp³-hybridized carbons (Fsp3) is 0.636. The quantitative estimate of drug-likeness (QED) is 0.656. The van der Waals surface area contributed by atoms with E-state index in [0.717, 1.165) is 38.8 Å². The van der Waals surface area contributed by atoms with Gasteiger partial charge in [0.05, 0.1) is 0 Å². The number of amides is 2. The lowest BCUT2D eigenvalue weighted by Crippen LogP contribution is -2.42. The van der Waals surface area contributed by atoms with Gasteiger partial charge in [0.25, 0.3) is 11.8 Å². The first-order valence-corrected chi connectivity index (χ1v) is 10.4. The maximum Gasteiger partial charge on any atom is 0.260 e. The minimum absolute atomic E-state index is 0.0282. The first kappa shape index (κ1) is 22.2. The zero-order valence-electron chi connectivity index (χ0n) is 17.5. The Labute approximate surface area is 168 Å². The van der Waals surface area contributed by atoms with Gasteiger partial charge >= 0.3 is 0 Å². The number of nitrogens with one attached hydrogen (secondary N) is 1. The van der Waals surface area contributed by atoms with Crippen molar-refractivity contribution >= 4 is 17.5 Å². The Morgan fingerprint density at radius 2 is 1.79 bits per heavy atom. The standard InChI is InChI=1S/C22H34N2O4/c1-4-6-14-22(3,28-5-2)21(26)23-18-10-12-19(13-11-18)27-17-20(25)24-15-8-7-9-16-24/h10-13H,4-9,14-17H2,1-3H3,(H,23,26)/t22-/m1/s1. The van der Waals surface area contributed by atoms with E-state index in [0.29, 0.717) is 24.5 Å². The molecule has 0 aromatic heterocycles. The van der Waals surface area contributed by atoms with Crippen molar-refractivity contribution in [1.29, 1.82) is 0 Å². The van der Waals surface area contributed by atoms with Crippen molar-refractivity contribution in [3.05, 3.63) is 24.3 Å². The number of nitrogens with zero attached hydrogens (tertiary/aromatic N) is 1. The van der Waals surface area contributed by atoms with Gasteiger partial charge in [-0.15, -0.1) is 0 Å².